The summed E-state index contributed by atoms with van der Waals surface area (Å²) in [7, 11) is -4.03. The zero-order chi connectivity index (χ0) is 23.3. The van der Waals surface area contributed by atoms with E-state index in [2.05, 4.69) is 10.3 Å². The lowest BCUT2D eigenvalue weighted by atomic mass is 9.92. The Labute approximate surface area is 216 Å². The summed E-state index contributed by atoms with van der Waals surface area (Å²) < 4.78 is 25.9. The summed E-state index contributed by atoms with van der Waals surface area (Å²) >= 11 is 5.92. The molecule has 0 radical (unpaired) electrons. The molecule has 3 rings (SSSR count). The molecule has 2 atom stereocenters. The van der Waals surface area contributed by atoms with E-state index < -0.39 is 26.8 Å². The van der Waals surface area contributed by atoms with Crippen molar-refractivity contribution in [1.82, 2.24) is 4.98 Å². The van der Waals surface area contributed by atoms with Crippen LogP contribution in [0.25, 0.3) is 0 Å². The number of carbonyl (C=O) groups excluding carboxylic acids is 1. The molecular formula is C23H25Cl3N4O3S. The molecular weight excluding hydrogens is 519 g/mol. The van der Waals surface area contributed by atoms with Crippen LogP contribution in [0.3, 0.4) is 0 Å². The molecule has 0 saturated carbocycles. The third kappa shape index (κ3) is 6.77. The summed E-state index contributed by atoms with van der Waals surface area (Å²) in [5.41, 5.74) is 8.04. The largest absolute Gasteiger partial charge is 0.323 e. The minimum Gasteiger partial charge on any atom is -0.323 e. The second kappa shape index (κ2) is 12.8. The molecule has 1 heterocycles. The average molecular weight is 544 g/mol. The summed E-state index contributed by atoms with van der Waals surface area (Å²) in [4.78, 5) is 16.3. The number of nitrogens with one attached hydrogen (secondary N) is 2. The van der Waals surface area contributed by atoms with Gasteiger partial charge in [-0.1, -0.05) is 36.7 Å². The lowest BCUT2D eigenvalue weighted by Gasteiger charge is -2.24. The van der Waals surface area contributed by atoms with Gasteiger partial charge in [-0.15, -0.1) is 24.8 Å². The molecule has 0 aliphatic rings. The number of sulfone groups is 1. The predicted molar refractivity (Wildman–Crippen MR) is 140 cm³/mol. The first-order valence-electron chi connectivity index (χ1n) is 9.90. The van der Waals surface area contributed by atoms with Crippen LogP contribution in [-0.4, -0.2) is 24.4 Å². The highest BCUT2D eigenvalue weighted by atomic mass is 35.5. The smallest absolute Gasteiger partial charge is 0.255 e. The van der Waals surface area contributed by atoms with E-state index in [9.17, 15) is 13.2 Å². The fraction of sp³-hybridized carbons (Fsp3) is 0.174. The highest BCUT2D eigenvalue weighted by molar-refractivity contribution is 8.06. The summed E-state index contributed by atoms with van der Waals surface area (Å²) in [6.07, 6.45) is 3.51. The molecule has 0 aliphatic carbocycles. The molecule has 0 saturated heterocycles. The Balaban J connectivity index is 0.00000289. The first-order chi connectivity index (χ1) is 15.2. The van der Waals surface area contributed by atoms with Crippen LogP contribution in [-0.2, 0) is 9.84 Å². The third-order valence-electron chi connectivity index (χ3n) is 5.10. The highest BCUT2D eigenvalue weighted by Gasteiger charge is 2.32. The van der Waals surface area contributed by atoms with E-state index in [-0.39, 0.29) is 40.6 Å². The van der Waals surface area contributed by atoms with Gasteiger partial charge in [0.25, 0.3) is 5.91 Å². The number of carbonyl (C=O) groups is 1. The standard InChI is InChI=1S/C23H23ClN4O3S.2ClH/c1-2-20(22(26)32(30,31)19-5-3-4-17(24)14-19)21(25)15-6-8-16(9-7-15)23(29)28-18-10-12-27-13-11-18;;/h3-14,20-21,26H,2,25H2,1H3,(H,27,28,29);2*1H. The molecule has 0 bridgehead atoms. The quantitative estimate of drug-likeness (QED) is 0.275. The van der Waals surface area contributed by atoms with Gasteiger partial charge in [-0.05, 0) is 54.4 Å². The Morgan fingerprint density at radius 1 is 1.09 bits per heavy atom. The molecule has 11 heteroatoms. The van der Waals surface area contributed by atoms with Gasteiger partial charge in [-0.2, -0.15) is 0 Å². The average Bonchev–Trinajstić information content (AvgIpc) is 2.80. The Hall–Kier alpha value is -2.49. The second-order valence-electron chi connectivity index (χ2n) is 7.18. The van der Waals surface area contributed by atoms with E-state index in [4.69, 9.17) is 22.7 Å². The van der Waals surface area contributed by atoms with E-state index in [1.165, 1.54) is 18.2 Å². The van der Waals surface area contributed by atoms with E-state index in [1.54, 1.807) is 61.8 Å². The summed E-state index contributed by atoms with van der Waals surface area (Å²) in [6, 6.07) is 15.0. The fourth-order valence-electron chi connectivity index (χ4n) is 3.29. The Morgan fingerprint density at radius 2 is 1.71 bits per heavy atom. The van der Waals surface area contributed by atoms with Gasteiger partial charge >= 0.3 is 0 Å². The van der Waals surface area contributed by atoms with Crippen molar-refractivity contribution < 1.29 is 13.2 Å². The zero-order valence-corrected chi connectivity index (χ0v) is 21.3. The Kier molecular flexibility index (Phi) is 11.1. The van der Waals surface area contributed by atoms with Gasteiger partial charge in [0.1, 0.15) is 5.04 Å². The van der Waals surface area contributed by atoms with E-state index >= 15 is 0 Å². The monoisotopic (exact) mass is 542 g/mol. The molecule has 2 unspecified atom stereocenters. The normalized spacial score (nSPS) is 12.4. The van der Waals surface area contributed by atoms with Crippen LogP contribution >= 0.6 is 36.4 Å². The molecule has 0 fully saturated rings. The number of hydrogen-bond acceptors (Lipinski definition) is 6. The molecule has 0 aliphatic heterocycles. The number of aromatic nitrogens is 1. The van der Waals surface area contributed by atoms with Gasteiger partial charge in [0.05, 0.1) is 4.90 Å². The van der Waals surface area contributed by atoms with E-state index in [0.717, 1.165) is 0 Å². The molecule has 1 amide bonds. The number of nitrogens with zero attached hydrogens (tertiary/aromatic N) is 1. The van der Waals surface area contributed by atoms with Crippen molar-refractivity contribution >= 4 is 62.9 Å². The molecule has 182 valence electrons. The Bertz CT molecular complexity index is 1220. The number of halogens is 3. The van der Waals surface area contributed by atoms with E-state index in [0.29, 0.717) is 23.2 Å². The number of hydrogen-bond donors (Lipinski definition) is 3. The predicted octanol–water partition coefficient (Wildman–Crippen LogP) is 5.31. The first-order valence-corrected chi connectivity index (χ1v) is 11.8. The number of nitrogens with two attached hydrogens (primary N) is 1. The maximum absolute atomic E-state index is 12.9. The SMILES string of the molecule is CCC(C(=N)S(=O)(=O)c1cccc(Cl)c1)C(N)c1ccc(C(=O)Nc2ccncc2)cc1.Cl.Cl. The third-order valence-corrected chi connectivity index (χ3v) is 7.09. The van der Waals surface area contributed by atoms with Gasteiger partial charge in [-0.3, -0.25) is 15.2 Å². The van der Waals surface area contributed by atoms with Crippen LogP contribution in [0, 0.1) is 11.3 Å². The highest BCUT2D eigenvalue weighted by Crippen LogP contribution is 2.29. The van der Waals surface area contributed by atoms with Crippen LogP contribution in [0.2, 0.25) is 5.02 Å². The van der Waals surface area contributed by atoms with Crippen LogP contribution in [0.15, 0.2) is 78.0 Å². The molecule has 7 nitrogen and oxygen atoms in total. The van der Waals surface area contributed by atoms with Gasteiger partial charge in [0, 0.05) is 40.6 Å². The number of amides is 1. The number of rotatable bonds is 7. The van der Waals surface area contributed by atoms with Crippen LogP contribution in [0.1, 0.15) is 35.3 Å². The molecule has 0 spiro atoms. The van der Waals surface area contributed by atoms with Crippen molar-refractivity contribution in [2.24, 2.45) is 11.7 Å². The van der Waals surface area contributed by atoms with Crippen molar-refractivity contribution in [3.63, 3.8) is 0 Å². The summed E-state index contributed by atoms with van der Waals surface area (Å²) in [5, 5.41) is 11.0. The van der Waals surface area contributed by atoms with Crippen molar-refractivity contribution in [2.45, 2.75) is 24.3 Å². The van der Waals surface area contributed by atoms with Gasteiger partial charge in [-0.25, -0.2) is 8.42 Å². The number of pyridine rings is 1. The van der Waals surface area contributed by atoms with Crippen molar-refractivity contribution in [1.29, 1.82) is 5.41 Å². The maximum atomic E-state index is 12.9. The van der Waals surface area contributed by atoms with Gasteiger partial charge in [0.15, 0.2) is 0 Å². The minimum atomic E-state index is -4.03. The summed E-state index contributed by atoms with van der Waals surface area (Å²) in [5.74, 6) is -1.03. The second-order valence-corrected chi connectivity index (χ2v) is 9.53. The minimum absolute atomic E-state index is 0. The molecule has 1 aromatic heterocycles. The fourth-order valence-corrected chi connectivity index (χ4v) is 5.05. The lowest BCUT2D eigenvalue weighted by molar-refractivity contribution is 0.102. The van der Waals surface area contributed by atoms with E-state index in [1.807, 2.05) is 0 Å². The first kappa shape index (κ1) is 29.5. The van der Waals surface area contributed by atoms with Crippen LogP contribution < -0.4 is 11.1 Å². The summed E-state index contributed by atoms with van der Waals surface area (Å²) in [6.45, 7) is 1.78. The zero-order valence-electron chi connectivity index (χ0n) is 18.1. The van der Waals surface area contributed by atoms with Crippen molar-refractivity contribution in [3.05, 3.63) is 89.2 Å². The molecule has 4 N–H and O–H groups in total. The maximum Gasteiger partial charge on any atom is 0.255 e. The number of anilines is 1. The topological polar surface area (TPSA) is 126 Å². The van der Waals surface area contributed by atoms with Crippen molar-refractivity contribution in [2.75, 3.05) is 5.32 Å². The van der Waals surface area contributed by atoms with Gasteiger partial charge < -0.3 is 11.1 Å². The van der Waals surface area contributed by atoms with Crippen LogP contribution in [0.4, 0.5) is 5.69 Å². The Morgan fingerprint density at radius 3 is 2.26 bits per heavy atom. The lowest BCUT2D eigenvalue weighted by Crippen LogP contribution is -2.32. The number of benzene rings is 2. The van der Waals surface area contributed by atoms with Crippen LogP contribution in [0.5, 0.6) is 0 Å². The van der Waals surface area contributed by atoms with Crippen molar-refractivity contribution in [3.8, 4) is 0 Å². The van der Waals surface area contributed by atoms with Gasteiger partial charge in [0.2, 0.25) is 9.84 Å². The molecule has 2 aromatic carbocycles. The molecule has 3 aromatic rings. The molecule has 34 heavy (non-hydrogen) atoms.